The molecule has 68 valence electrons. The van der Waals surface area contributed by atoms with Gasteiger partial charge in [0.2, 0.25) is 0 Å². The topological polar surface area (TPSA) is 58.6 Å². The van der Waals surface area contributed by atoms with Gasteiger partial charge in [0.25, 0.3) is 0 Å². The number of fused-ring (bicyclic) bond motifs is 1. The molecule has 2 saturated heterocycles. The highest BCUT2D eigenvalue weighted by Gasteiger charge is 2.51. The summed E-state index contributed by atoms with van der Waals surface area (Å²) in [5.41, 5.74) is -0.627. The van der Waals surface area contributed by atoms with Crippen molar-refractivity contribution in [2.45, 2.75) is 18.9 Å². The Labute approximate surface area is 70.9 Å². The Bertz CT molecular complexity index is 206. The van der Waals surface area contributed by atoms with E-state index >= 15 is 0 Å². The van der Waals surface area contributed by atoms with Crippen molar-refractivity contribution in [1.29, 1.82) is 0 Å². The first-order valence-electron chi connectivity index (χ1n) is 4.31. The molecular formula is C8H13NO3. The summed E-state index contributed by atoms with van der Waals surface area (Å²) in [5, 5.41) is 12.2. The van der Waals surface area contributed by atoms with E-state index in [1.165, 1.54) is 0 Å². The zero-order chi connectivity index (χ0) is 8.60. The fraction of sp³-hybridized carbons (Fsp3) is 0.875. The summed E-state index contributed by atoms with van der Waals surface area (Å²) in [7, 11) is 0. The number of rotatable bonds is 1. The normalized spacial score (nSPS) is 40.8. The van der Waals surface area contributed by atoms with Crippen LogP contribution in [0, 0.1) is 5.41 Å². The van der Waals surface area contributed by atoms with Crippen LogP contribution in [-0.2, 0) is 9.53 Å². The summed E-state index contributed by atoms with van der Waals surface area (Å²) < 4.78 is 5.42. The first-order chi connectivity index (χ1) is 5.76. The van der Waals surface area contributed by atoms with Crippen molar-refractivity contribution in [1.82, 2.24) is 5.32 Å². The predicted octanol–water partition coefficient (Wildman–Crippen LogP) is -0.160. The van der Waals surface area contributed by atoms with Crippen molar-refractivity contribution >= 4 is 5.97 Å². The minimum Gasteiger partial charge on any atom is -0.481 e. The monoisotopic (exact) mass is 171 g/mol. The van der Waals surface area contributed by atoms with Crippen LogP contribution in [0.25, 0.3) is 0 Å². The Hall–Kier alpha value is -0.610. The smallest absolute Gasteiger partial charge is 0.313 e. The Morgan fingerprint density at radius 3 is 3.17 bits per heavy atom. The van der Waals surface area contributed by atoms with Gasteiger partial charge in [0, 0.05) is 19.7 Å². The molecule has 2 heterocycles. The van der Waals surface area contributed by atoms with E-state index in [2.05, 4.69) is 5.32 Å². The molecule has 0 aromatic carbocycles. The lowest BCUT2D eigenvalue weighted by Crippen LogP contribution is -2.46. The van der Waals surface area contributed by atoms with Crippen molar-refractivity contribution < 1.29 is 14.6 Å². The minimum absolute atomic E-state index is 0.108. The minimum atomic E-state index is -0.711. The Morgan fingerprint density at radius 1 is 1.67 bits per heavy atom. The molecule has 0 amide bonds. The standard InChI is InChI=1S/C8H13NO3/c10-7(11)8-2-1-3-12-6(8)4-9-5-8/h6,9H,1-5H2,(H,10,11)/t6-,8-/m1/s1. The van der Waals surface area contributed by atoms with Gasteiger partial charge in [-0.05, 0) is 12.8 Å². The van der Waals surface area contributed by atoms with E-state index in [0.717, 1.165) is 12.8 Å². The van der Waals surface area contributed by atoms with Crippen molar-refractivity contribution in [3.05, 3.63) is 0 Å². The third kappa shape index (κ3) is 0.949. The molecule has 2 N–H and O–H groups in total. The lowest BCUT2D eigenvalue weighted by Gasteiger charge is -2.34. The molecule has 2 atom stereocenters. The highest BCUT2D eigenvalue weighted by Crippen LogP contribution is 2.37. The van der Waals surface area contributed by atoms with Crippen LogP contribution in [0.2, 0.25) is 0 Å². The van der Waals surface area contributed by atoms with Crippen LogP contribution < -0.4 is 5.32 Å². The number of hydrogen-bond acceptors (Lipinski definition) is 3. The predicted molar refractivity (Wildman–Crippen MR) is 41.9 cm³/mol. The SMILES string of the molecule is O=C(O)[C@@]12CCCO[C@@H]1CNC2. The van der Waals surface area contributed by atoms with Gasteiger partial charge in [-0.3, -0.25) is 4.79 Å². The van der Waals surface area contributed by atoms with E-state index in [1.54, 1.807) is 0 Å². The number of carboxylic acid groups (broad SMARTS) is 1. The van der Waals surface area contributed by atoms with Crippen molar-refractivity contribution in [2.75, 3.05) is 19.7 Å². The number of aliphatic carboxylic acids is 1. The summed E-state index contributed by atoms with van der Waals surface area (Å²) >= 11 is 0. The molecule has 0 unspecified atom stereocenters. The third-order valence-electron chi connectivity index (χ3n) is 2.90. The zero-order valence-electron chi connectivity index (χ0n) is 6.88. The van der Waals surface area contributed by atoms with Crippen LogP contribution in [0.15, 0.2) is 0 Å². The summed E-state index contributed by atoms with van der Waals surface area (Å²) in [6, 6.07) is 0. The molecule has 2 aliphatic heterocycles. The van der Waals surface area contributed by atoms with E-state index in [-0.39, 0.29) is 6.10 Å². The van der Waals surface area contributed by atoms with Crippen LogP contribution in [0.1, 0.15) is 12.8 Å². The second-order valence-electron chi connectivity index (χ2n) is 3.56. The maximum atomic E-state index is 11.0. The highest BCUT2D eigenvalue weighted by atomic mass is 16.5. The Balaban J connectivity index is 2.23. The number of nitrogens with one attached hydrogen (secondary N) is 1. The Morgan fingerprint density at radius 2 is 2.50 bits per heavy atom. The summed E-state index contributed by atoms with van der Waals surface area (Å²) in [5.74, 6) is -0.711. The number of carboxylic acids is 1. The van der Waals surface area contributed by atoms with E-state index < -0.39 is 11.4 Å². The van der Waals surface area contributed by atoms with Gasteiger partial charge in [-0.2, -0.15) is 0 Å². The largest absolute Gasteiger partial charge is 0.481 e. The second kappa shape index (κ2) is 2.71. The summed E-state index contributed by atoms with van der Waals surface area (Å²) in [6.07, 6.45) is 1.51. The molecule has 4 heteroatoms. The van der Waals surface area contributed by atoms with Gasteiger partial charge >= 0.3 is 5.97 Å². The average molecular weight is 171 g/mol. The highest BCUT2D eigenvalue weighted by molar-refractivity contribution is 5.76. The Kier molecular flexibility index (Phi) is 1.81. The zero-order valence-corrected chi connectivity index (χ0v) is 6.88. The van der Waals surface area contributed by atoms with E-state index in [0.29, 0.717) is 19.7 Å². The van der Waals surface area contributed by atoms with Crippen molar-refractivity contribution in [3.63, 3.8) is 0 Å². The van der Waals surface area contributed by atoms with E-state index in [1.807, 2.05) is 0 Å². The first kappa shape index (κ1) is 8.01. The lowest BCUT2D eigenvalue weighted by molar-refractivity contribution is -0.161. The molecule has 0 spiro atoms. The number of hydrogen-bond donors (Lipinski definition) is 2. The van der Waals surface area contributed by atoms with Gasteiger partial charge < -0.3 is 15.2 Å². The van der Waals surface area contributed by atoms with E-state index in [9.17, 15) is 4.79 Å². The molecule has 0 saturated carbocycles. The fourth-order valence-electron chi connectivity index (χ4n) is 2.14. The van der Waals surface area contributed by atoms with Crippen LogP contribution in [0.3, 0.4) is 0 Å². The fourth-order valence-corrected chi connectivity index (χ4v) is 2.14. The van der Waals surface area contributed by atoms with Gasteiger partial charge in [0.1, 0.15) is 5.41 Å². The average Bonchev–Trinajstić information content (AvgIpc) is 2.48. The molecular weight excluding hydrogens is 158 g/mol. The molecule has 4 nitrogen and oxygen atoms in total. The van der Waals surface area contributed by atoms with Gasteiger partial charge in [-0.15, -0.1) is 0 Å². The molecule has 2 aliphatic rings. The van der Waals surface area contributed by atoms with Crippen LogP contribution in [0.4, 0.5) is 0 Å². The third-order valence-corrected chi connectivity index (χ3v) is 2.90. The lowest BCUT2D eigenvalue weighted by atomic mass is 9.79. The van der Waals surface area contributed by atoms with Gasteiger partial charge in [-0.1, -0.05) is 0 Å². The van der Waals surface area contributed by atoms with Crippen LogP contribution >= 0.6 is 0 Å². The summed E-state index contributed by atoms with van der Waals surface area (Å²) in [4.78, 5) is 11.0. The molecule has 0 aromatic heterocycles. The summed E-state index contributed by atoms with van der Waals surface area (Å²) in [6.45, 7) is 1.96. The van der Waals surface area contributed by atoms with Crippen LogP contribution in [0.5, 0.6) is 0 Å². The second-order valence-corrected chi connectivity index (χ2v) is 3.56. The molecule has 0 bridgehead atoms. The van der Waals surface area contributed by atoms with Gasteiger partial charge in [-0.25, -0.2) is 0 Å². The molecule has 12 heavy (non-hydrogen) atoms. The molecule has 0 aliphatic carbocycles. The van der Waals surface area contributed by atoms with Crippen molar-refractivity contribution in [3.8, 4) is 0 Å². The maximum absolute atomic E-state index is 11.0. The molecule has 2 rings (SSSR count). The van der Waals surface area contributed by atoms with E-state index in [4.69, 9.17) is 9.84 Å². The molecule has 0 aromatic rings. The maximum Gasteiger partial charge on any atom is 0.313 e. The number of carbonyl (C=O) groups is 1. The molecule has 0 radical (unpaired) electrons. The number of ether oxygens (including phenoxy) is 1. The van der Waals surface area contributed by atoms with Crippen molar-refractivity contribution in [2.24, 2.45) is 5.41 Å². The van der Waals surface area contributed by atoms with Crippen LogP contribution in [-0.4, -0.2) is 36.9 Å². The quantitative estimate of drug-likeness (QED) is 0.575. The molecule has 2 fully saturated rings. The van der Waals surface area contributed by atoms with Gasteiger partial charge in [0.05, 0.1) is 6.10 Å². The van der Waals surface area contributed by atoms with Gasteiger partial charge in [0.15, 0.2) is 0 Å². The first-order valence-corrected chi connectivity index (χ1v) is 4.31.